The van der Waals surface area contributed by atoms with Crippen LogP contribution in [0.15, 0.2) is 30.3 Å². The van der Waals surface area contributed by atoms with Gasteiger partial charge in [-0.3, -0.25) is 4.79 Å². The minimum absolute atomic E-state index is 0.330. The Hall–Kier alpha value is -1.43. The van der Waals surface area contributed by atoms with Crippen LogP contribution >= 0.6 is 0 Å². The highest BCUT2D eigenvalue weighted by Crippen LogP contribution is 2.35. The van der Waals surface area contributed by atoms with E-state index in [-0.39, 0.29) is 12.1 Å². The molecule has 2 rings (SSSR count). The van der Waals surface area contributed by atoms with Gasteiger partial charge in [-0.1, -0.05) is 30.3 Å². The molecular formula is C18H26O5. The standard InChI is InChI=1S/C18H26O5/c1-17(2,16(19)20-5)15(14-12-22-18(3,4)23-14)21-11-13-9-7-6-8-10-13/h6-10,14-15H,11-12H2,1-5H3/t14-,15+/m1/s1. The first-order chi connectivity index (χ1) is 10.8. The van der Waals surface area contributed by atoms with E-state index in [0.717, 1.165) is 5.56 Å². The van der Waals surface area contributed by atoms with Crippen LogP contribution in [0.1, 0.15) is 33.3 Å². The predicted octanol–water partition coefficient (Wildman–Crippen LogP) is 2.92. The molecule has 1 heterocycles. The molecule has 1 aliphatic rings. The number of carbonyl (C=O) groups excluding carboxylic acids is 1. The van der Waals surface area contributed by atoms with E-state index in [4.69, 9.17) is 18.9 Å². The fourth-order valence-electron chi connectivity index (χ4n) is 2.78. The molecule has 23 heavy (non-hydrogen) atoms. The summed E-state index contributed by atoms with van der Waals surface area (Å²) in [5.41, 5.74) is 0.189. The largest absolute Gasteiger partial charge is 0.469 e. The zero-order valence-corrected chi connectivity index (χ0v) is 14.5. The minimum atomic E-state index is -0.849. The van der Waals surface area contributed by atoms with E-state index in [0.29, 0.717) is 13.2 Å². The van der Waals surface area contributed by atoms with Gasteiger partial charge in [0.2, 0.25) is 0 Å². The summed E-state index contributed by atoms with van der Waals surface area (Å²) in [6, 6.07) is 9.83. The molecule has 1 aliphatic heterocycles. The molecule has 0 spiro atoms. The Labute approximate surface area is 137 Å². The molecule has 0 aromatic heterocycles. The van der Waals surface area contributed by atoms with Crippen LogP contribution < -0.4 is 0 Å². The van der Waals surface area contributed by atoms with E-state index in [2.05, 4.69) is 0 Å². The Morgan fingerprint density at radius 2 is 2.00 bits per heavy atom. The molecule has 0 radical (unpaired) electrons. The molecule has 1 aromatic rings. The van der Waals surface area contributed by atoms with Gasteiger partial charge in [0.25, 0.3) is 0 Å². The summed E-state index contributed by atoms with van der Waals surface area (Å²) in [5.74, 6) is -1.01. The second-order valence-corrected chi connectivity index (χ2v) is 6.80. The molecule has 5 nitrogen and oxygen atoms in total. The third-order valence-corrected chi connectivity index (χ3v) is 4.06. The summed E-state index contributed by atoms with van der Waals surface area (Å²) < 4.78 is 22.6. The topological polar surface area (TPSA) is 54.0 Å². The van der Waals surface area contributed by atoms with E-state index >= 15 is 0 Å². The highest BCUT2D eigenvalue weighted by atomic mass is 16.7. The SMILES string of the molecule is COC(=O)C(C)(C)[C@@H](OCc1ccccc1)[C@H]1COC(C)(C)O1. The van der Waals surface area contributed by atoms with Crippen LogP contribution in [-0.2, 0) is 30.3 Å². The Morgan fingerprint density at radius 3 is 2.52 bits per heavy atom. The first kappa shape index (κ1) is 17.9. The van der Waals surface area contributed by atoms with Gasteiger partial charge in [-0.25, -0.2) is 0 Å². The van der Waals surface area contributed by atoms with Crippen LogP contribution in [0.3, 0.4) is 0 Å². The smallest absolute Gasteiger partial charge is 0.313 e. The van der Waals surface area contributed by atoms with Crippen LogP contribution in [-0.4, -0.2) is 37.7 Å². The van der Waals surface area contributed by atoms with E-state index in [1.807, 2.05) is 58.0 Å². The molecule has 1 fully saturated rings. The van der Waals surface area contributed by atoms with E-state index < -0.39 is 17.3 Å². The van der Waals surface area contributed by atoms with E-state index in [1.54, 1.807) is 0 Å². The average Bonchev–Trinajstić information content (AvgIpc) is 2.87. The molecule has 1 aromatic carbocycles. The lowest BCUT2D eigenvalue weighted by Crippen LogP contribution is -2.48. The molecule has 5 heteroatoms. The molecular weight excluding hydrogens is 296 g/mol. The quantitative estimate of drug-likeness (QED) is 0.754. The van der Waals surface area contributed by atoms with Gasteiger partial charge in [-0.05, 0) is 33.3 Å². The summed E-state index contributed by atoms with van der Waals surface area (Å²) in [5, 5.41) is 0. The fraction of sp³-hybridized carbons (Fsp3) is 0.611. The van der Waals surface area contributed by atoms with Crippen molar-refractivity contribution in [1.29, 1.82) is 0 Å². The number of carbonyl (C=O) groups is 1. The minimum Gasteiger partial charge on any atom is -0.469 e. The van der Waals surface area contributed by atoms with Crippen LogP contribution in [0.4, 0.5) is 0 Å². The highest BCUT2D eigenvalue weighted by molar-refractivity contribution is 5.76. The fourth-order valence-corrected chi connectivity index (χ4v) is 2.78. The Morgan fingerprint density at radius 1 is 1.35 bits per heavy atom. The molecule has 0 amide bonds. The maximum Gasteiger partial charge on any atom is 0.313 e. The van der Waals surface area contributed by atoms with Crippen molar-refractivity contribution < 1.29 is 23.7 Å². The van der Waals surface area contributed by atoms with Crippen molar-refractivity contribution in [3.63, 3.8) is 0 Å². The van der Waals surface area contributed by atoms with Gasteiger partial charge in [-0.2, -0.15) is 0 Å². The van der Waals surface area contributed by atoms with Crippen LogP contribution in [0, 0.1) is 5.41 Å². The van der Waals surface area contributed by atoms with Crippen molar-refractivity contribution in [3.8, 4) is 0 Å². The van der Waals surface area contributed by atoms with Gasteiger partial charge in [0.05, 0.1) is 25.7 Å². The van der Waals surface area contributed by atoms with Crippen molar-refractivity contribution in [1.82, 2.24) is 0 Å². The Bertz CT molecular complexity index is 523. The third kappa shape index (κ3) is 4.31. The average molecular weight is 322 g/mol. The number of benzene rings is 1. The first-order valence-electron chi connectivity index (χ1n) is 7.82. The van der Waals surface area contributed by atoms with E-state index in [1.165, 1.54) is 7.11 Å². The summed E-state index contributed by atoms with van der Waals surface area (Å²) in [6.07, 6.45) is -0.806. The number of hydrogen-bond donors (Lipinski definition) is 0. The first-order valence-corrected chi connectivity index (χ1v) is 7.82. The lowest BCUT2D eigenvalue weighted by Gasteiger charge is -2.35. The van der Waals surface area contributed by atoms with Crippen LogP contribution in [0.25, 0.3) is 0 Å². The maximum atomic E-state index is 12.2. The van der Waals surface area contributed by atoms with Gasteiger partial charge in [0.1, 0.15) is 12.2 Å². The zero-order valence-electron chi connectivity index (χ0n) is 14.5. The van der Waals surface area contributed by atoms with Crippen molar-refractivity contribution >= 4 is 5.97 Å². The molecule has 0 aliphatic carbocycles. The normalized spacial score (nSPS) is 21.9. The van der Waals surface area contributed by atoms with Crippen molar-refractivity contribution in [3.05, 3.63) is 35.9 Å². The lowest BCUT2D eigenvalue weighted by atomic mass is 9.83. The van der Waals surface area contributed by atoms with Crippen molar-refractivity contribution in [2.75, 3.05) is 13.7 Å². The molecule has 0 unspecified atom stereocenters. The van der Waals surface area contributed by atoms with Crippen molar-refractivity contribution in [2.24, 2.45) is 5.41 Å². The molecule has 0 saturated carbocycles. The predicted molar refractivity (Wildman–Crippen MR) is 85.7 cm³/mol. The molecule has 2 atom stereocenters. The Balaban J connectivity index is 2.16. The second kappa shape index (κ2) is 6.99. The summed E-state index contributed by atoms with van der Waals surface area (Å²) in [4.78, 5) is 12.2. The number of hydrogen-bond acceptors (Lipinski definition) is 5. The molecule has 1 saturated heterocycles. The monoisotopic (exact) mass is 322 g/mol. The van der Waals surface area contributed by atoms with Gasteiger partial charge >= 0.3 is 5.97 Å². The van der Waals surface area contributed by atoms with Gasteiger partial charge < -0.3 is 18.9 Å². The third-order valence-electron chi connectivity index (χ3n) is 4.06. The maximum absolute atomic E-state index is 12.2. The zero-order chi connectivity index (χ0) is 17.1. The summed E-state index contributed by atoms with van der Waals surface area (Å²) >= 11 is 0. The Kier molecular flexibility index (Phi) is 5.45. The number of methoxy groups -OCH3 is 1. The van der Waals surface area contributed by atoms with Gasteiger partial charge in [-0.15, -0.1) is 0 Å². The van der Waals surface area contributed by atoms with Crippen LogP contribution in [0.5, 0.6) is 0 Å². The molecule has 128 valence electrons. The number of rotatable bonds is 6. The summed E-state index contributed by atoms with van der Waals surface area (Å²) in [7, 11) is 1.38. The molecule has 0 bridgehead atoms. The second-order valence-electron chi connectivity index (χ2n) is 6.80. The number of esters is 1. The van der Waals surface area contributed by atoms with Gasteiger partial charge in [0.15, 0.2) is 5.79 Å². The lowest BCUT2D eigenvalue weighted by molar-refractivity contribution is -0.187. The summed E-state index contributed by atoms with van der Waals surface area (Å²) in [6.45, 7) is 8.10. The van der Waals surface area contributed by atoms with Gasteiger partial charge in [0, 0.05) is 0 Å². The number of ether oxygens (including phenoxy) is 4. The van der Waals surface area contributed by atoms with Crippen molar-refractivity contribution in [2.45, 2.75) is 52.3 Å². The highest BCUT2D eigenvalue weighted by Gasteiger charge is 2.48. The van der Waals surface area contributed by atoms with E-state index in [9.17, 15) is 4.79 Å². The molecule has 0 N–H and O–H groups in total. The van der Waals surface area contributed by atoms with Crippen LogP contribution in [0.2, 0.25) is 0 Å².